The number of hydrogen-bond acceptors (Lipinski definition) is 7. The average Bonchev–Trinajstić information content (AvgIpc) is 2.34. The number of carboxylic acids is 2. The monoisotopic (exact) mass is 276 g/mol. The second-order valence-corrected chi connectivity index (χ2v) is 3.88. The first-order valence-corrected chi connectivity index (χ1v) is 5.46. The van der Waals surface area contributed by atoms with Crippen molar-refractivity contribution in [3.8, 4) is 0 Å². The van der Waals surface area contributed by atoms with Gasteiger partial charge in [-0.2, -0.15) is 5.48 Å². The van der Waals surface area contributed by atoms with Gasteiger partial charge in [0.05, 0.1) is 12.1 Å². The van der Waals surface area contributed by atoms with Crippen LogP contribution in [0.1, 0.15) is 25.7 Å². The molecule has 2 atom stereocenters. The van der Waals surface area contributed by atoms with E-state index in [2.05, 4.69) is 0 Å². The third-order valence-electron chi connectivity index (χ3n) is 2.37. The molecule has 0 rings (SSSR count). The van der Waals surface area contributed by atoms with E-state index in [0.29, 0.717) is 0 Å². The Morgan fingerprint density at radius 1 is 0.947 bits per heavy atom. The van der Waals surface area contributed by atoms with Gasteiger partial charge in [-0.05, 0) is 12.8 Å². The van der Waals surface area contributed by atoms with Crippen LogP contribution in [0.4, 0.5) is 0 Å². The molecule has 0 saturated heterocycles. The van der Waals surface area contributed by atoms with Crippen molar-refractivity contribution in [2.24, 2.45) is 5.73 Å². The highest BCUT2D eigenvalue weighted by molar-refractivity contribution is 6.41. The minimum Gasteiger partial charge on any atom is -0.481 e. The molecule has 0 unspecified atom stereocenters. The molecule has 6 N–H and O–H groups in total. The van der Waals surface area contributed by atoms with Gasteiger partial charge in [0.15, 0.2) is 0 Å². The van der Waals surface area contributed by atoms with Gasteiger partial charge in [-0.3, -0.25) is 19.2 Å². The van der Waals surface area contributed by atoms with Gasteiger partial charge < -0.3 is 21.2 Å². The number of hydroxylamine groups is 1. The van der Waals surface area contributed by atoms with E-state index in [9.17, 15) is 19.2 Å². The number of aliphatic carboxylic acids is 2. The topological polar surface area (TPSA) is 167 Å². The fourth-order valence-corrected chi connectivity index (χ4v) is 1.29. The van der Waals surface area contributed by atoms with Gasteiger partial charge in [-0.15, -0.1) is 0 Å². The predicted octanol–water partition coefficient (Wildman–Crippen LogP) is -1.47. The fourth-order valence-electron chi connectivity index (χ4n) is 1.29. The van der Waals surface area contributed by atoms with Crippen molar-refractivity contribution in [1.82, 2.24) is 5.48 Å². The van der Waals surface area contributed by atoms with Gasteiger partial charge in [-0.25, -0.2) is 0 Å². The number of Topliss-reactive ketones (excluding diaryl/α,β-unsaturated/α-hetero) is 2. The van der Waals surface area contributed by atoms with E-state index in [1.807, 2.05) is 0 Å². The number of carbonyl (C=O) groups is 4. The molecule has 0 aliphatic carbocycles. The summed E-state index contributed by atoms with van der Waals surface area (Å²) in [4.78, 5) is 43.7. The zero-order valence-electron chi connectivity index (χ0n) is 10.0. The number of nitrogens with two attached hydrogens (primary N) is 1. The lowest BCUT2D eigenvalue weighted by Gasteiger charge is -2.14. The minimum absolute atomic E-state index is 0.211. The number of ketones is 2. The number of carbonyl (C=O) groups excluding carboxylic acids is 2. The van der Waals surface area contributed by atoms with Gasteiger partial charge in [0, 0.05) is 12.8 Å². The summed E-state index contributed by atoms with van der Waals surface area (Å²) in [5.74, 6) is -4.45. The van der Waals surface area contributed by atoms with Crippen LogP contribution in [-0.2, 0) is 19.2 Å². The summed E-state index contributed by atoms with van der Waals surface area (Å²) in [6.45, 7) is 0. The summed E-state index contributed by atoms with van der Waals surface area (Å²) < 4.78 is 0. The number of nitrogens with one attached hydrogen (secondary N) is 1. The van der Waals surface area contributed by atoms with Crippen LogP contribution in [0.2, 0.25) is 0 Å². The number of rotatable bonds is 10. The van der Waals surface area contributed by atoms with Gasteiger partial charge in [-0.1, -0.05) is 0 Å². The molecule has 0 fully saturated rings. The highest BCUT2D eigenvalue weighted by Gasteiger charge is 2.29. The largest absolute Gasteiger partial charge is 0.481 e. The summed E-state index contributed by atoms with van der Waals surface area (Å²) in [7, 11) is 0. The lowest BCUT2D eigenvalue weighted by atomic mass is 9.98. The third kappa shape index (κ3) is 6.60. The van der Waals surface area contributed by atoms with Crippen LogP contribution in [0, 0.1) is 0 Å². The highest BCUT2D eigenvalue weighted by Crippen LogP contribution is 2.04. The molecule has 0 aromatic carbocycles. The first-order chi connectivity index (χ1) is 8.79. The molecular weight excluding hydrogens is 260 g/mol. The summed E-state index contributed by atoms with van der Waals surface area (Å²) in [5.41, 5.74) is 6.91. The Balaban J connectivity index is 4.45. The molecule has 9 nitrogen and oxygen atoms in total. The van der Waals surface area contributed by atoms with E-state index < -0.39 is 42.0 Å². The Bertz CT molecular complexity index is 369. The normalized spacial score (nSPS) is 13.6. The predicted molar refractivity (Wildman–Crippen MR) is 60.4 cm³/mol. The molecule has 108 valence electrons. The molecule has 0 spiro atoms. The fraction of sp³-hybridized carbons (Fsp3) is 0.600. The van der Waals surface area contributed by atoms with Crippen LogP contribution >= 0.6 is 0 Å². The molecule has 9 heteroatoms. The standard InChI is InChI=1S/C10H16N2O7/c11-5(1-3-7(13)14)9(17)10(18)6(12-19)2-4-8(15)16/h5-6,12,19H,1-4,11H2,(H,13,14)(H,15,16)/t5-,6-/m0/s1. The molecule has 0 aromatic heterocycles. The third-order valence-corrected chi connectivity index (χ3v) is 2.37. The van der Waals surface area contributed by atoms with Crippen molar-refractivity contribution < 1.29 is 34.6 Å². The van der Waals surface area contributed by atoms with Crippen molar-refractivity contribution in [3.05, 3.63) is 0 Å². The van der Waals surface area contributed by atoms with Gasteiger partial charge in [0.25, 0.3) is 0 Å². The molecular formula is C10H16N2O7. The molecule has 0 aliphatic rings. The molecule has 0 amide bonds. The van der Waals surface area contributed by atoms with Crippen LogP contribution in [0.15, 0.2) is 0 Å². The summed E-state index contributed by atoms with van der Waals surface area (Å²) in [6.07, 6.45) is -1.27. The van der Waals surface area contributed by atoms with E-state index in [4.69, 9.17) is 21.2 Å². The van der Waals surface area contributed by atoms with Crippen LogP contribution in [0.5, 0.6) is 0 Å². The van der Waals surface area contributed by atoms with Crippen LogP contribution in [0.25, 0.3) is 0 Å². The Morgan fingerprint density at radius 3 is 1.84 bits per heavy atom. The van der Waals surface area contributed by atoms with E-state index in [-0.39, 0.29) is 19.3 Å². The maximum absolute atomic E-state index is 11.6. The molecule has 0 aromatic rings. The van der Waals surface area contributed by atoms with E-state index >= 15 is 0 Å². The first-order valence-electron chi connectivity index (χ1n) is 5.46. The zero-order chi connectivity index (χ0) is 15.0. The Kier molecular flexibility index (Phi) is 7.49. The Hall–Kier alpha value is -1.84. The van der Waals surface area contributed by atoms with Crippen molar-refractivity contribution in [3.63, 3.8) is 0 Å². The lowest BCUT2D eigenvalue weighted by molar-refractivity contribution is -0.142. The van der Waals surface area contributed by atoms with E-state index in [1.54, 1.807) is 5.48 Å². The van der Waals surface area contributed by atoms with Crippen molar-refractivity contribution >= 4 is 23.5 Å². The minimum atomic E-state index is -1.36. The molecule has 19 heavy (non-hydrogen) atoms. The Morgan fingerprint density at radius 2 is 1.42 bits per heavy atom. The second-order valence-electron chi connectivity index (χ2n) is 3.88. The first kappa shape index (κ1) is 17.2. The van der Waals surface area contributed by atoms with Crippen LogP contribution in [0.3, 0.4) is 0 Å². The average molecular weight is 276 g/mol. The molecule has 0 aliphatic heterocycles. The van der Waals surface area contributed by atoms with Crippen molar-refractivity contribution in [1.29, 1.82) is 0 Å². The van der Waals surface area contributed by atoms with E-state index in [1.165, 1.54) is 0 Å². The molecule has 0 heterocycles. The maximum Gasteiger partial charge on any atom is 0.303 e. The zero-order valence-corrected chi connectivity index (χ0v) is 10.0. The van der Waals surface area contributed by atoms with Crippen LogP contribution < -0.4 is 11.2 Å². The molecule has 0 bridgehead atoms. The SMILES string of the molecule is N[C@@H](CCC(=O)O)C(=O)C(=O)[C@H](CCC(=O)O)NO. The number of carboxylic acid groups (broad SMARTS) is 2. The van der Waals surface area contributed by atoms with Gasteiger partial charge >= 0.3 is 11.9 Å². The smallest absolute Gasteiger partial charge is 0.303 e. The summed E-state index contributed by atoms with van der Waals surface area (Å²) in [6, 6.07) is -2.65. The Labute approximate surface area is 108 Å². The second kappa shape index (κ2) is 8.29. The van der Waals surface area contributed by atoms with Crippen molar-refractivity contribution in [2.45, 2.75) is 37.8 Å². The van der Waals surface area contributed by atoms with Crippen molar-refractivity contribution in [2.75, 3.05) is 0 Å². The van der Waals surface area contributed by atoms with E-state index in [0.717, 1.165) is 0 Å². The highest BCUT2D eigenvalue weighted by atomic mass is 16.5. The van der Waals surface area contributed by atoms with Crippen LogP contribution in [-0.4, -0.2) is 51.0 Å². The molecule has 0 saturated carbocycles. The summed E-state index contributed by atoms with van der Waals surface area (Å²) in [5, 5.41) is 25.6. The van der Waals surface area contributed by atoms with Gasteiger partial charge in [0.1, 0.15) is 0 Å². The quantitative estimate of drug-likeness (QED) is 0.236. The lowest BCUT2D eigenvalue weighted by Crippen LogP contribution is -2.46. The summed E-state index contributed by atoms with van der Waals surface area (Å²) >= 11 is 0. The maximum atomic E-state index is 11.6. The molecule has 0 radical (unpaired) electrons. The van der Waals surface area contributed by atoms with Gasteiger partial charge in [0.2, 0.25) is 11.6 Å². The number of hydrogen-bond donors (Lipinski definition) is 5.